The Morgan fingerprint density at radius 2 is 2.15 bits per heavy atom. The lowest BCUT2D eigenvalue weighted by Gasteiger charge is -2.31. The predicted molar refractivity (Wildman–Crippen MR) is 98.2 cm³/mol. The van der Waals surface area contributed by atoms with E-state index in [2.05, 4.69) is 20.3 Å². The largest absolute Gasteiger partial charge is 0.465 e. The molecular formula is C17H23ClN4O4. The van der Waals surface area contributed by atoms with Gasteiger partial charge in [-0.25, -0.2) is 9.59 Å². The van der Waals surface area contributed by atoms with Crippen LogP contribution in [0.15, 0.2) is 18.2 Å². The molecule has 9 heteroatoms. The molecule has 8 nitrogen and oxygen atoms in total. The Hall–Kier alpha value is -2.32. The van der Waals surface area contributed by atoms with Crippen molar-refractivity contribution in [3.8, 4) is 0 Å². The number of urea groups is 1. The van der Waals surface area contributed by atoms with Gasteiger partial charge in [-0.2, -0.15) is 0 Å². The summed E-state index contributed by atoms with van der Waals surface area (Å²) in [7, 11) is 1.27. The van der Waals surface area contributed by atoms with E-state index < -0.39 is 5.97 Å². The van der Waals surface area contributed by atoms with Gasteiger partial charge in [-0.05, 0) is 37.6 Å². The summed E-state index contributed by atoms with van der Waals surface area (Å²) < 4.78 is 4.61. The van der Waals surface area contributed by atoms with Gasteiger partial charge in [0.25, 0.3) is 0 Å². The lowest BCUT2D eigenvalue weighted by molar-refractivity contribution is -0.123. The van der Waals surface area contributed by atoms with Gasteiger partial charge < -0.3 is 26.0 Å². The highest BCUT2D eigenvalue weighted by Gasteiger charge is 2.23. The number of primary amides is 1. The van der Waals surface area contributed by atoms with E-state index in [0.717, 1.165) is 19.4 Å². The van der Waals surface area contributed by atoms with Gasteiger partial charge in [-0.1, -0.05) is 11.6 Å². The number of rotatable bonds is 6. The molecule has 0 radical (unpaired) electrons. The summed E-state index contributed by atoms with van der Waals surface area (Å²) in [6.45, 7) is 2.59. The van der Waals surface area contributed by atoms with Crippen LogP contribution in [0.1, 0.15) is 23.2 Å². The number of nitrogens with two attached hydrogens (primary N) is 1. The van der Waals surface area contributed by atoms with E-state index in [-0.39, 0.29) is 28.4 Å². The number of ether oxygens (including phenoxy) is 1. The van der Waals surface area contributed by atoms with Gasteiger partial charge in [-0.15, -0.1) is 0 Å². The summed E-state index contributed by atoms with van der Waals surface area (Å²) in [5, 5.41) is 5.60. The van der Waals surface area contributed by atoms with E-state index >= 15 is 0 Å². The van der Waals surface area contributed by atoms with Crippen molar-refractivity contribution in [2.24, 2.45) is 11.7 Å². The fourth-order valence-electron chi connectivity index (χ4n) is 2.86. The Labute approximate surface area is 157 Å². The maximum Gasteiger partial charge on any atom is 0.339 e. The Balaban J connectivity index is 1.77. The molecule has 0 aliphatic carbocycles. The molecule has 0 bridgehead atoms. The normalized spacial score (nSPS) is 17.4. The average molecular weight is 383 g/mol. The number of nitrogens with one attached hydrogen (secondary N) is 2. The molecular weight excluding hydrogens is 360 g/mol. The molecule has 0 aromatic heterocycles. The van der Waals surface area contributed by atoms with Crippen molar-refractivity contribution in [1.29, 1.82) is 0 Å². The molecule has 1 aliphatic heterocycles. The number of esters is 1. The van der Waals surface area contributed by atoms with Crippen molar-refractivity contribution in [3.63, 3.8) is 0 Å². The molecule has 1 unspecified atom stereocenters. The monoisotopic (exact) mass is 382 g/mol. The molecule has 1 atom stereocenters. The van der Waals surface area contributed by atoms with E-state index in [9.17, 15) is 14.4 Å². The molecule has 1 heterocycles. The average Bonchev–Trinajstić information content (AvgIpc) is 2.61. The third-order valence-electron chi connectivity index (χ3n) is 4.25. The summed E-state index contributed by atoms with van der Waals surface area (Å²) >= 11 is 6.01. The van der Waals surface area contributed by atoms with Gasteiger partial charge in [0, 0.05) is 25.3 Å². The number of methoxy groups -OCH3 is 1. The van der Waals surface area contributed by atoms with Crippen LogP contribution in [0.5, 0.6) is 0 Å². The van der Waals surface area contributed by atoms with Crippen LogP contribution >= 0.6 is 11.6 Å². The van der Waals surface area contributed by atoms with Gasteiger partial charge in [-0.3, -0.25) is 4.79 Å². The Kier molecular flexibility index (Phi) is 7.23. The zero-order valence-electron chi connectivity index (χ0n) is 14.6. The van der Waals surface area contributed by atoms with Crippen molar-refractivity contribution >= 4 is 35.2 Å². The number of benzene rings is 1. The number of piperidine rings is 1. The first-order chi connectivity index (χ1) is 12.4. The molecule has 142 valence electrons. The Morgan fingerprint density at radius 1 is 1.38 bits per heavy atom. The van der Waals surface area contributed by atoms with Crippen LogP contribution in [0.2, 0.25) is 5.02 Å². The van der Waals surface area contributed by atoms with Gasteiger partial charge in [0.15, 0.2) is 0 Å². The van der Waals surface area contributed by atoms with Crippen LogP contribution in [0.3, 0.4) is 0 Å². The van der Waals surface area contributed by atoms with Crippen molar-refractivity contribution < 1.29 is 19.1 Å². The molecule has 2 rings (SSSR count). The van der Waals surface area contributed by atoms with Crippen LogP contribution in [0.4, 0.5) is 10.5 Å². The highest BCUT2D eigenvalue weighted by atomic mass is 35.5. The minimum absolute atomic E-state index is 0.118. The van der Waals surface area contributed by atoms with Gasteiger partial charge >= 0.3 is 12.0 Å². The topological polar surface area (TPSA) is 114 Å². The molecule has 1 aromatic carbocycles. The van der Waals surface area contributed by atoms with Gasteiger partial charge in [0.1, 0.15) is 0 Å². The van der Waals surface area contributed by atoms with E-state index in [4.69, 9.17) is 17.3 Å². The van der Waals surface area contributed by atoms with E-state index in [1.807, 2.05) is 0 Å². The van der Waals surface area contributed by atoms with Crippen molar-refractivity contribution in [2.45, 2.75) is 12.8 Å². The fraction of sp³-hybridized carbons (Fsp3) is 0.471. The smallest absolute Gasteiger partial charge is 0.339 e. The Morgan fingerprint density at radius 3 is 2.81 bits per heavy atom. The van der Waals surface area contributed by atoms with Crippen LogP contribution in [-0.2, 0) is 9.53 Å². The third-order valence-corrected chi connectivity index (χ3v) is 4.57. The highest BCUT2D eigenvalue weighted by molar-refractivity contribution is 6.33. The molecule has 4 N–H and O–H groups in total. The van der Waals surface area contributed by atoms with Crippen LogP contribution in [0, 0.1) is 5.92 Å². The number of hydrogen-bond acceptors (Lipinski definition) is 5. The van der Waals surface area contributed by atoms with E-state index in [1.54, 1.807) is 6.07 Å². The summed E-state index contributed by atoms with van der Waals surface area (Å²) in [5.41, 5.74) is 6.05. The maximum absolute atomic E-state index is 12.0. The number of amides is 3. The summed E-state index contributed by atoms with van der Waals surface area (Å²) in [6, 6.07) is 4.16. The molecule has 1 saturated heterocycles. The van der Waals surface area contributed by atoms with Gasteiger partial charge in [0.2, 0.25) is 5.91 Å². The lowest BCUT2D eigenvalue weighted by Crippen LogP contribution is -2.44. The SMILES string of the molecule is COC(=O)c1ccc(NC(=O)NCCN2CCCC(C(N)=O)C2)cc1Cl. The van der Waals surface area contributed by atoms with Crippen molar-refractivity contribution in [2.75, 3.05) is 38.6 Å². The lowest BCUT2D eigenvalue weighted by atomic mass is 9.97. The molecule has 1 fully saturated rings. The molecule has 0 saturated carbocycles. The number of halogens is 1. The molecule has 0 spiro atoms. The number of nitrogens with zero attached hydrogens (tertiary/aromatic N) is 1. The number of carbonyl (C=O) groups excluding carboxylic acids is 3. The van der Waals surface area contributed by atoms with E-state index in [0.29, 0.717) is 25.3 Å². The number of carbonyl (C=O) groups is 3. The van der Waals surface area contributed by atoms with Crippen molar-refractivity contribution in [3.05, 3.63) is 28.8 Å². The second kappa shape index (κ2) is 9.40. The predicted octanol–water partition coefficient (Wildman–Crippen LogP) is 1.45. The number of anilines is 1. The number of hydrogen-bond donors (Lipinski definition) is 3. The van der Waals surface area contributed by atoms with Crippen LogP contribution in [0.25, 0.3) is 0 Å². The first kappa shape index (κ1) is 20.0. The Bertz CT molecular complexity index is 683. The van der Waals surface area contributed by atoms with Crippen LogP contribution in [-0.4, -0.2) is 56.1 Å². The van der Waals surface area contributed by atoms with Crippen LogP contribution < -0.4 is 16.4 Å². The van der Waals surface area contributed by atoms with Gasteiger partial charge in [0.05, 0.1) is 23.6 Å². The third kappa shape index (κ3) is 5.60. The minimum atomic E-state index is -0.540. The summed E-state index contributed by atoms with van der Waals surface area (Å²) in [4.78, 5) is 36.8. The first-order valence-corrected chi connectivity index (χ1v) is 8.73. The summed E-state index contributed by atoms with van der Waals surface area (Å²) in [6.07, 6.45) is 1.74. The highest BCUT2D eigenvalue weighted by Crippen LogP contribution is 2.21. The standard InChI is InChI=1S/C17H23ClN4O4/c1-26-16(24)13-5-4-12(9-14(13)18)21-17(25)20-6-8-22-7-2-3-11(10-22)15(19)23/h4-5,9,11H,2-3,6-8,10H2,1H3,(H2,19,23)(H2,20,21,25). The molecule has 3 amide bonds. The second-order valence-electron chi connectivity index (χ2n) is 6.11. The summed E-state index contributed by atoms with van der Waals surface area (Å²) in [5.74, 6) is -0.928. The van der Waals surface area contributed by atoms with Crippen molar-refractivity contribution in [1.82, 2.24) is 10.2 Å². The first-order valence-electron chi connectivity index (χ1n) is 8.35. The minimum Gasteiger partial charge on any atom is -0.465 e. The second-order valence-corrected chi connectivity index (χ2v) is 6.52. The zero-order chi connectivity index (χ0) is 19.1. The molecule has 1 aliphatic rings. The molecule has 1 aromatic rings. The van der Waals surface area contributed by atoms with E-state index in [1.165, 1.54) is 19.2 Å². The number of likely N-dealkylation sites (tertiary alicyclic amines) is 1. The maximum atomic E-state index is 12.0. The quantitative estimate of drug-likeness (QED) is 0.644. The molecule has 26 heavy (non-hydrogen) atoms. The fourth-order valence-corrected chi connectivity index (χ4v) is 3.12. The zero-order valence-corrected chi connectivity index (χ0v) is 15.3.